The highest BCUT2D eigenvalue weighted by Gasteiger charge is 2.37. The highest BCUT2D eigenvalue weighted by Crippen LogP contribution is 2.42. The molecular formula is C56H74N8O14S2. The van der Waals surface area contributed by atoms with Crippen LogP contribution >= 0.6 is 21.6 Å². The molecule has 0 aromatic heterocycles. The molecule has 6 amide bonds. The Balaban J connectivity index is 0.970. The van der Waals surface area contributed by atoms with Gasteiger partial charge in [-0.2, -0.15) is 0 Å². The first-order valence-corrected chi connectivity index (χ1v) is 29.0. The SMILES string of the molecule is CC/C=C\C(=NC)SSCCC(=O)NCCOCCOCCN(CC(=O)NCC(=O)NC1CCC(C)(N)OC1CC(C)O)C(=O)COCC(=O)N1CCN(C(=O)c2ccccc2-c2c3ccc(=O)cc-3oc3cc(O)ccc23)CC1. The fourth-order valence-electron chi connectivity index (χ4n) is 9.00. The van der Waals surface area contributed by atoms with E-state index in [0.717, 1.165) is 11.5 Å². The van der Waals surface area contributed by atoms with Gasteiger partial charge in [-0.15, -0.1) is 0 Å². The third-order valence-corrected chi connectivity index (χ3v) is 15.4. The van der Waals surface area contributed by atoms with Gasteiger partial charge >= 0.3 is 0 Å². The van der Waals surface area contributed by atoms with E-state index in [0.29, 0.717) is 70.5 Å². The molecule has 0 radical (unpaired) electrons. The van der Waals surface area contributed by atoms with Crippen molar-refractivity contribution in [2.24, 2.45) is 10.7 Å². The van der Waals surface area contributed by atoms with Crippen molar-refractivity contribution >= 4 is 73.0 Å². The second-order valence-electron chi connectivity index (χ2n) is 19.5. The van der Waals surface area contributed by atoms with Crippen molar-refractivity contribution in [3.63, 3.8) is 0 Å². The molecule has 0 saturated carbocycles. The molecule has 0 spiro atoms. The van der Waals surface area contributed by atoms with Gasteiger partial charge in [-0.05, 0) is 85.9 Å². The third kappa shape index (κ3) is 19.4. The van der Waals surface area contributed by atoms with E-state index in [1.54, 1.807) is 65.8 Å². The number of aromatic hydroxyl groups is 1. The normalized spacial score (nSPS) is 18.1. The van der Waals surface area contributed by atoms with Crippen LogP contribution in [-0.2, 0) is 42.9 Å². The van der Waals surface area contributed by atoms with Gasteiger partial charge in [0.25, 0.3) is 5.91 Å². The van der Waals surface area contributed by atoms with Gasteiger partial charge in [-0.1, -0.05) is 42.0 Å². The number of fused-ring (bicyclic) bond motifs is 2. The summed E-state index contributed by atoms with van der Waals surface area (Å²) in [5.41, 5.74) is 7.60. The topological polar surface area (TPSA) is 294 Å². The molecule has 22 nitrogen and oxygen atoms in total. The highest BCUT2D eigenvalue weighted by molar-refractivity contribution is 8.82. The smallest absolute Gasteiger partial charge is 0.254 e. The number of nitrogens with zero attached hydrogens (tertiary/aromatic N) is 4. The Labute approximate surface area is 473 Å². The Bertz CT molecular complexity index is 2840. The number of ether oxygens (including phenoxy) is 4. The van der Waals surface area contributed by atoms with E-state index in [9.17, 15) is 43.8 Å². The number of aliphatic hydroxyl groups is 1. The molecule has 2 fully saturated rings. The van der Waals surface area contributed by atoms with Crippen LogP contribution in [0.2, 0.25) is 0 Å². The number of benzene rings is 3. The molecule has 4 unspecified atom stereocenters. The zero-order valence-electron chi connectivity index (χ0n) is 45.8. The van der Waals surface area contributed by atoms with Crippen molar-refractivity contribution in [2.75, 3.05) is 105 Å². The lowest BCUT2D eigenvalue weighted by atomic mass is 9.90. The first-order valence-electron chi connectivity index (χ1n) is 26.7. The molecule has 6 rings (SSSR count). The van der Waals surface area contributed by atoms with E-state index >= 15 is 0 Å². The Morgan fingerprint density at radius 3 is 2.42 bits per heavy atom. The number of nitrogens with one attached hydrogen (secondary N) is 3. The number of amides is 6. The first-order chi connectivity index (χ1) is 38.4. The maximum absolute atomic E-state index is 14.3. The molecule has 80 heavy (non-hydrogen) atoms. The summed E-state index contributed by atoms with van der Waals surface area (Å²) in [4.78, 5) is 101. The van der Waals surface area contributed by atoms with Gasteiger partial charge in [-0.25, -0.2) is 0 Å². The van der Waals surface area contributed by atoms with Gasteiger partial charge in [0.15, 0.2) is 5.43 Å². The Morgan fingerprint density at radius 1 is 0.925 bits per heavy atom. The number of allylic oxidation sites excluding steroid dienone is 1. The van der Waals surface area contributed by atoms with Crippen LogP contribution in [0.5, 0.6) is 5.75 Å². The van der Waals surface area contributed by atoms with E-state index in [-0.39, 0.29) is 88.6 Å². The van der Waals surface area contributed by atoms with Crippen LogP contribution in [0.25, 0.3) is 33.4 Å². The van der Waals surface area contributed by atoms with Crippen LogP contribution in [0.1, 0.15) is 63.2 Å². The van der Waals surface area contributed by atoms with Crippen molar-refractivity contribution in [3.05, 3.63) is 88.6 Å². The van der Waals surface area contributed by atoms with Crippen LogP contribution in [0.3, 0.4) is 0 Å². The van der Waals surface area contributed by atoms with Crippen LogP contribution in [0, 0.1) is 0 Å². The zero-order valence-corrected chi connectivity index (χ0v) is 47.4. The molecule has 3 heterocycles. The molecule has 2 aromatic carbocycles. The largest absolute Gasteiger partial charge is 0.508 e. The molecule has 2 saturated heterocycles. The molecule has 24 heteroatoms. The summed E-state index contributed by atoms with van der Waals surface area (Å²) in [7, 11) is 4.81. The molecule has 7 N–H and O–H groups in total. The van der Waals surface area contributed by atoms with Gasteiger partial charge in [0.05, 0.1) is 57.8 Å². The molecular weight excluding hydrogens is 1070 g/mol. The maximum Gasteiger partial charge on any atom is 0.254 e. The van der Waals surface area contributed by atoms with Crippen LogP contribution in [-0.4, -0.2) is 194 Å². The molecule has 0 bridgehead atoms. The van der Waals surface area contributed by atoms with E-state index in [2.05, 4.69) is 20.9 Å². The minimum Gasteiger partial charge on any atom is -0.508 e. The summed E-state index contributed by atoms with van der Waals surface area (Å²) >= 11 is 0. The summed E-state index contributed by atoms with van der Waals surface area (Å²) in [5.74, 6) is -1.64. The molecule has 4 aliphatic rings. The van der Waals surface area contributed by atoms with Gasteiger partial charge < -0.3 is 70.0 Å². The van der Waals surface area contributed by atoms with Gasteiger partial charge in [-0.3, -0.25) is 38.6 Å². The predicted octanol–water partition coefficient (Wildman–Crippen LogP) is 3.54. The molecule has 1 aliphatic carbocycles. The second-order valence-corrected chi connectivity index (χ2v) is 21.9. The lowest BCUT2D eigenvalue weighted by Crippen LogP contribution is -2.57. The maximum atomic E-state index is 14.3. The van der Waals surface area contributed by atoms with Crippen LogP contribution < -0.4 is 27.1 Å². The van der Waals surface area contributed by atoms with Crippen molar-refractivity contribution in [1.82, 2.24) is 30.7 Å². The lowest BCUT2D eigenvalue weighted by Gasteiger charge is -2.41. The Kier molecular flexibility index (Phi) is 24.8. The number of carbonyl (C=O) groups is 6. The van der Waals surface area contributed by atoms with Crippen molar-refractivity contribution in [2.45, 2.75) is 76.9 Å². The fourth-order valence-corrected chi connectivity index (χ4v) is 11.0. The quantitative estimate of drug-likeness (QED) is 0.0156. The monoisotopic (exact) mass is 1150 g/mol. The van der Waals surface area contributed by atoms with Crippen molar-refractivity contribution in [1.29, 1.82) is 0 Å². The average Bonchev–Trinajstić information content (AvgIpc) is 3.43. The summed E-state index contributed by atoms with van der Waals surface area (Å²) in [6, 6.07) is 15.8. The predicted molar refractivity (Wildman–Crippen MR) is 306 cm³/mol. The number of aliphatic hydroxyl groups excluding tert-OH is 1. The molecule has 434 valence electrons. The zero-order chi connectivity index (χ0) is 57.6. The summed E-state index contributed by atoms with van der Waals surface area (Å²) in [6.07, 6.45) is 5.20. The average molecular weight is 1150 g/mol. The van der Waals surface area contributed by atoms with E-state index in [1.165, 1.54) is 40.0 Å². The van der Waals surface area contributed by atoms with Gasteiger partial charge in [0, 0.05) is 99.1 Å². The Hall–Kier alpha value is -6.38. The summed E-state index contributed by atoms with van der Waals surface area (Å²) < 4.78 is 28.9. The first kappa shape index (κ1) is 62.8. The third-order valence-electron chi connectivity index (χ3n) is 13.1. The van der Waals surface area contributed by atoms with Crippen molar-refractivity contribution < 1.29 is 62.3 Å². The summed E-state index contributed by atoms with van der Waals surface area (Å²) in [6.45, 7) is 5.21. The number of carbonyl (C=O) groups excluding carboxylic acids is 6. The van der Waals surface area contributed by atoms with Gasteiger partial charge in [0.1, 0.15) is 41.1 Å². The minimum absolute atomic E-state index is 0.00789. The fraction of sp³-hybridized carbons (Fsp3) is 0.500. The number of phenolic OH excluding ortho intramolecular Hbond substituents is 1. The lowest BCUT2D eigenvalue weighted by molar-refractivity contribution is -0.147. The number of phenols is 1. The molecule has 3 aliphatic heterocycles. The number of nitrogens with two attached hydrogens (primary N) is 1. The van der Waals surface area contributed by atoms with Crippen LogP contribution in [0.4, 0.5) is 0 Å². The second kappa shape index (κ2) is 31.6. The standard InChI is InChI=1S/C56H74N8O14S2/c1-5-6-11-51(58-4)80-79-29-17-48(68)59-19-25-74-27-28-75-26-24-64(34-50(70)60-33-49(69)61-44-16-18-56(3,57)78-47(44)30-37(2)65)53(72)36-76-35-52(71)62-20-22-63(23-21-62)55(73)41-10-8-7-9-40(41)54-42-14-12-38(66)31-45(42)77-46-32-39(67)13-15-43(46)54/h6-15,31-32,37,44,47,65-66H,5,16-30,33-36,57H2,1-4H3,(H,59,68)(H,60,70)(H,61,69)/b11-6-,58-51?. The number of piperazine rings is 1. The van der Waals surface area contributed by atoms with E-state index in [1.807, 2.05) is 31.2 Å². The number of hydrogen-bond donors (Lipinski definition) is 6. The van der Waals surface area contributed by atoms with Crippen molar-refractivity contribution in [3.8, 4) is 28.2 Å². The number of hydrogen-bond acceptors (Lipinski definition) is 18. The van der Waals surface area contributed by atoms with Crippen LogP contribution in [0.15, 0.2) is 87.0 Å². The molecule has 4 atom stereocenters. The van der Waals surface area contributed by atoms with E-state index in [4.69, 9.17) is 29.1 Å². The Morgan fingerprint density at radius 2 is 1.68 bits per heavy atom. The number of rotatable bonds is 28. The summed E-state index contributed by atoms with van der Waals surface area (Å²) in [5, 5.41) is 30.0. The highest BCUT2D eigenvalue weighted by atomic mass is 33.1. The van der Waals surface area contributed by atoms with E-state index < -0.39 is 73.9 Å². The number of aliphatic imine (C=N–C) groups is 1. The molecule has 2 aromatic rings. The van der Waals surface area contributed by atoms with Gasteiger partial charge in [0.2, 0.25) is 29.5 Å². The minimum atomic E-state index is -0.917.